The molecule has 1 unspecified atom stereocenters. The SMILES string of the molecule is CCCCCC(C)O.O=C(O)CNC(=O)c1ccccc1. The molecule has 1 aromatic rings. The fourth-order valence-electron chi connectivity index (χ4n) is 1.54. The third-order valence-electron chi connectivity index (χ3n) is 2.66. The smallest absolute Gasteiger partial charge is 0.322 e. The molecule has 0 aliphatic heterocycles. The van der Waals surface area contributed by atoms with Gasteiger partial charge in [-0.3, -0.25) is 9.59 Å². The van der Waals surface area contributed by atoms with Crippen molar-refractivity contribution >= 4 is 11.9 Å². The van der Waals surface area contributed by atoms with E-state index in [4.69, 9.17) is 10.2 Å². The highest BCUT2D eigenvalue weighted by atomic mass is 16.4. The van der Waals surface area contributed by atoms with E-state index < -0.39 is 5.97 Å². The number of aliphatic carboxylic acids is 1. The maximum absolute atomic E-state index is 11.2. The molecule has 5 heteroatoms. The molecule has 0 aliphatic carbocycles. The van der Waals surface area contributed by atoms with Gasteiger partial charge in [0.05, 0.1) is 6.10 Å². The van der Waals surface area contributed by atoms with E-state index in [1.807, 2.05) is 6.92 Å². The summed E-state index contributed by atoms with van der Waals surface area (Å²) >= 11 is 0. The molecule has 0 fully saturated rings. The molecule has 1 rings (SSSR count). The van der Waals surface area contributed by atoms with E-state index in [2.05, 4.69) is 12.2 Å². The zero-order valence-corrected chi connectivity index (χ0v) is 12.7. The highest BCUT2D eigenvalue weighted by Gasteiger charge is 2.04. The van der Waals surface area contributed by atoms with Crippen molar-refractivity contribution < 1.29 is 19.8 Å². The van der Waals surface area contributed by atoms with Gasteiger partial charge in [0.1, 0.15) is 6.54 Å². The highest BCUT2D eigenvalue weighted by molar-refractivity contribution is 5.95. The Morgan fingerprint density at radius 1 is 1.19 bits per heavy atom. The summed E-state index contributed by atoms with van der Waals surface area (Å²) in [6.45, 7) is 3.66. The molecule has 5 nitrogen and oxygen atoms in total. The maximum atomic E-state index is 11.2. The number of carbonyl (C=O) groups excluding carboxylic acids is 1. The Morgan fingerprint density at radius 3 is 2.29 bits per heavy atom. The van der Waals surface area contributed by atoms with E-state index in [9.17, 15) is 9.59 Å². The standard InChI is InChI=1S/C9H9NO3.C7H16O/c11-8(12)6-10-9(13)7-4-2-1-3-5-7;1-3-4-5-6-7(2)8/h1-5H,6H2,(H,10,13)(H,11,12);7-8H,3-6H2,1-2H3. The molecule has 3 N–H and O–H groups in total. The van der Waals surface area contributed by atoms with E-state index in [0.29, 0.717) is 5.56 Å². The van der Waals surface area contributed by atoms with E-state index in [1.165, 1.54) is 19.3 Å². The van der Waals surface area contributed by atoms with E-state index >= 15 is 0 Å². The molecule has 0 saturated carbocycles. The number of rotatable bonds is 7. The quantitative estimate of drug-likeness (QED) is 0.674. The van der Waals surface area contributed by atoms with Crippen molar-refractivity contribution in [3.05, 3.63) is 35.9 Å². The van der Waals surface area contributed by atoms with E-state index in [0.717, 1.165) is 6.42 Å². The predicted octanol–water partition coefficient (Wildman–Crippen LogP) is 2.45. The lowest BCUT2D eigenvalue weighted by molar-refractivity contribution is -0.135. The van der Waals surface area contributed by atoms with Crippen molar-refractivity contribution in [2.24, 2.45) is 0 Å². The van der Waals surface area contributed by atoms with Crippen LogP contribution in [0.4, 0.5) is 0 Å². The molecule has 0 heterocycles. The van der Waals surface area contributed by atoms with Crippen LogP contribution in [0.25, 0.3) is 0 Å². The normalized spacial score (nSPS) is 11.0. The second kappa shape index (κ2) is 11.9. The molecule has 1 atom stereocenters. The van der Waals surface area contributed by atoms with Crippen LogP contribution in [0.2, 0.25) is 0 Å². The van der Waals surface area contributed by atoms with Crippen LogP contribution in [0.15, 0.2) is 30.3 Å². The van der Waals surface area contributed by atoms with Crippen LogP contribution in [0, 0.1) is 0 Å². The number of benzene rings is 1. The minimum absolute atomic E-state index is 0.0958. The summed E-state index contributed by atoms with van der Waals surface area (Å²) in [4.78, 5) is 21.3. The van der Waals surface area contributed by atoms with Crippen LogP contribution in [-0.2, 0) is 4.79 Å². The number of hydrogen-bond acceptors (Lipinski definition) is 3. The number of carboxylic acids is 1. The van der Waals surface area contributed by atoms with Crippen molar-refractivity contribution in [2.75, 3.05) is 6.54 Å². The second-order valence-corrected chi connectivity index (χ2v) is 4.79. The molecule has 0 saturated heterocycles. The Kier molecular flexibility index (Phi) is 10.8. The lowest BCUT2D eigenvalue weighted by atomic mass is 10.1. The minimum atomic E-state index is -1.05. The Balaban J connectivity index is 0.000000433. The average Bonchev–Trinajstić information content (AvgIpc) is 2.46. The largest absolute Gasteiger partial charge is 0.480 e. The van der Waals surface area contributed by atoms with Crippen molar-refractivity contribution in [3.63, 3.8) is 0 Å². The lowest BCUT2D eigenvalue weighted by Crippen LogP contribution is -2.29. The Labute approximate surface area is 126 Å². The molecule has 118 valence electrons. The van der Waals surface area contributed by atoms with Gasteiger partial charge in [-0.1, -0.05) is 44.4 Å². The summed E-state index contributed by atoms with van der Waals surface area (Å²) in [6.07, 6.45) is 4.54. The monoisotopic (exact) mass is 295 g/mol. The summed E-state index contributed by atoms with van der Waals surface area (Å²) in [6, 6.07) is 8.47. The van der Waals surface area contributed by atoms with Gasteiger partial charge in [0, 0.05) is 5.56 Å². The zero-order valence-electron chi connectivity index (χ0n) is 12.7. The van der Waals surface area contributed by atoms with Crippen molar-refractivity contribution in [2.45, 2.75) is 45.6 Å². The summed E-state index contributed by atoms with van der Waals surface area (Å²) in [5.41, 5.74) is 0.462. The first-order valence-corrected chi connectivity index (χ1v) is 7.20. The zero-order chi connectivity index (χ0) is 16.1. The van der Waals surface area contributed by atoms with E-state index in [1.54, 1.807) is 30.3 Å². The number of unbranched alkanes of at least 4 members (excludes halogenated alkanes) is 2. The minimum Gasteiger partial charge on any atom is -0.480 e. The lowest BCUT2D eigenvalue weighted by Gasteiger charge is -2.00. The topological polar surface area (TPSA) is 86.6 Å². The molecule has 1 amide bonds. The number of carbonyl (C=O) groups is 2. The molecular weight excluding hydrogens is 270 g/mol. The fourth-order valence-corrected chi connectivity index (χ4v) is 1.54. The molecule has 21 heavy (non-hydrogen) atoms. The summed E-state index contributed by atoms with van der Waals surface area (Å²) in [7, 11) is 0. The van der Waals surface area contributed by atoms with Gasteiger partial charge < -0.3 is 15.5 Å². The summed E-state index contributed by atoms with van der Waals surface area (Å²) in [5.74, 6) is -1.42. The number of aliphatic hydroxyl groups excluding tert-OH is 1. The van der Waals surface area contributed by atoms with Gasteiger partial charge in [0.15, 0.2) is 0 Å². The molecule has 0 radical (unpaired) electrons. The Bertz CT molecular complexity index is 404. The first-order valence-electron chi connectivity index (χ1n) is 7.20. The van der Waals surface area contributed by atoms with Gasteiger partial charge in [-0.2, -0.15) is 0 Å². The van der Waals surface area contributed by atoms with Gasteiger partial charge in [0.2, 0.25) is 0 Å². The van der Waals surface area contributed by atoms with Crippen LogP contribution >= 0.6 is 0 Å². The van der Waals surface area contributed by atoms with Gasteiger partial charge in [0.25, 0.3) is 5.91 Å². The van der Waals surface area contributed by atoms with Crippen LogP contribution in [0.3, 0.4) is 0 Å². The van der Waals surface area contributed by atoms with Crippen LogP contribution in [0.1, 0.15) is 49.9 Å². The number of carboxylic acid groups (broad SMARTS) is 1. The van der Waals surface area contributed by atoms with Gasteiger partial charge >= 0.3 is 5.97 Å². The summed E-state index contributed by atoms with van der Waals surface area (Å²) < 4.78 is 0. The van der Waals surface area contributed by atoms with Gasteiger partial charge in [-0.05, 0) is 25.5 Å². The van der Waals surface area contributed by atoms with Crippen LogP contribution in [0.5, 0.6) is 0 Å². The van der Waals surface area contributed by atoms with Gasteiger partial charge in [-0.15, -0.1) is 0 Å². The average molecular weight is 295 g/mol. The number of aliphatic hydroxyl groups is 1. The molecular formula is C16H25NO4. The predicted molar refractivity (Wildman–Crippen MR) is 82.2 cm³/mol. The molecule has 0 aliphatic rings. The van der Waals surface area contributed by atoms with Crippen molar-refractivity contribution in [1.29, 1.82) is 0 Å². The summed E-state index contributed by atoms with van der Waals surface area (Å²) in [5, 5.41) is 19.3. The maximum Gasteiger partial charge on any atom is 0.322 e. The molecule has 0 aromatic heterocycles. The highest BCUT2D eigenvalue weighted by Crippen LogP contribution is 2.01. The Morgan fingerprint density at radius 2 is 1.81 bits per heavy atom. The third kappa shape index (κ3) is 11.6. The van der Waals surface area contributed by atoms with Crippen LogP contribution in [-0.4, -0.2) is 34.7 Å². The van der Waals surface area contributed by atoms with Gasteiger partial charge in [-0.25, -0.2) is 0 Å². The third-order valence-corrected chi connectivity index (χ3v) is 2.66. The number of amides is 1. The first kappa shape index (κ1) is 19.1. The molecule has 1 aromatic carbocycles. The molecule has 0 bridgehead atoms. The van der Waals surface area contributed by atoms with Crippen molar-refractivity contribution in [3.8, 4) is 0 Å². The first-order chi connectivity index (χ1) is 9.97. The number of nitrogens with one attached hydrogen (secondary N) is 1. The molecule has 0 spiro atoms. The van der Waals surface area contributed by atoms with Crippen molar-refractivity contribution in [1.82, 2.24) is 5.32 Å². The van der Waals surface area contributed by atoms with E-state index in [-0.39, 0.29) is 18.6 Å². The fraction of sp³-hybridized carbons (Fsp3) is 0.500. The number of hydrogen-bond donors (Lipinski definition) is 3. The Hall–Kier alpha value is -1.88. The van der Waals surface area contributed by atoms with Crippen LogP contribution < -0.4 is 5.32 Å². The second-order valence-electron chi connectivity index (χ2n) is 4.79.